The molecule has 0 atom stereocenters. The van der Waals surface area contributed by atoms with Crippen molar-refractivity contribution in [3.63, 3.8) is 0 Å². The average Bonchev–Trinajstić information content (AvgIpc) is 3.18. The molecule has 0 aliphatic rings. The Kier molecular flexibility index (Phi) is 6.91. The molecule has 27 heavy (non-hydrogen) atoms. The van der Waals surface area contributed by atoms with E-state index < -0.39 is 5.92 Å². The van der Waals surface area contributed by atoms with Crippen molar-refractivity contribution in [3.05, 3.63) is 87.9 Å². The van der Waals surface area contributed by atoms with Crippen LogP contribution in [0.1, 0.15) is 35.6 Å². The largest absolute Gasteiger partial charge is 0.355 e. The molecule has 0 radical (unpaired) electrons. The predicted octanol–water partition coefficient (Wildman–Crippen LogP) is 4.99. The third kappa shape index (κ3) is 5.59. The highest BCUT2D eigenvalue weighted by Gasteiger charge is 2.22. The van der Waals surface area contributed by atoms with Crippen molar-refractivity contribution in [1.82, 2.24) is 15.3 Å². The molecule has 2 aromatic carbocycles. The van der Waals surface area contributed by atoms with Gasteiger partial charge in [0.05, 0.1) is 12.2 Å². The minimum Gasteiger partial charge on any atom is -0.355 e. The number of benzene rings is 2. The Morgan fingerprint density at radius 2 is 1.56 bits per heavy atom. The fourth-order valence-electron chi connectivity index (χ4n) is 2.98. The van der Waals surface area contributed by atoms with Gasteiger partial charge in [-0.2, -0.15) is 0 Å². The summed E-state index contributed by atoms with van der Waals surface area (Å²) < 4.78 is 0. The molecule has 0 aliphatic heterocycles. The van der Waals surface area contributed by atoms with Gasteiger partial charge in [-0.1, -0.05) is 47.5 Å². The number of nitrogens with one attached hydrogen (secondary N) is 2. The van der Waals surface area contributed by atoms with E-state index in [2.05, 4.69) is 15.3 Å². The number of hydrogen-bond donors (Lipinski definition) is 2. The number of aromatic amines is 1. The van der Waals surface area contributed by atoms with Crippen LogP contribution in [0.5, 0.6) is 0 Å². The molecule has 3 rings (SSSR count). The van der Waals surface area contributed by atoms with E-state index in [-0.39, 0.29) is 5.91 Å². The predicted molar refractivity (Wildman–Crippen MR) is 109 cm³/mol. The number of rotatable bonds is 8. The topological polar surface area (TPSA) is 57.8 Å². The van der Waals surface area contributed by atoms with E-state index >= 15 is 0 Å². The Morgan fingerprint density at radius 1 is 0.963 bits per heavy atom. The summed E-state index contributed by atoms with van der Waals surface area (Å²) in [5.41, 5.74) is 2.91. The summed E-state index contributed by atoms with van der Waals surface area (Å²) in [4.78, 5) is 20.0. The number of unbranched alkanes of at least 4 members (excludes halogenated alkanes) is 1. The molecule has 0 fully saturated rings. The van der Waals surface area contributed by atoms with Crippen LogP contribution in [0.15, 0.2) is 61.1 Å². The molecule has 1 heterocycles. The lowest BCUT2D eigenvalue weighted by Gasteiger charge is -2.18. The van der Waals surface area contributed by atoms with Crippen molar-refractivity contribution in [1.29, 1.82) is 0 Å². The van der Waals surface area contributed by atoms with Gasteiger partial charge in [0, 0.05) is 28.5 Å². The van der Waals surface area contributed by atoms with E-state index in [1.54, 1.807) is 30.6 Å². The van der Waals surface area contributed by atoms with Crippen LogP contribution in [-0.2, 0) is 11.2 Å². The average molecular weight is 402 g/mol. The Bertz CT molecular complexity index is 801. The second-order valence-corrected chi connectivity index (χ2v) is 7.23. The van der Waals surface area contributed by atoms with Crippen LogP contribution in [0.4, 0.5) is 0 Å². The quantitative estimate of drug-likeness (QED) is 0.522. The first-order chi connectivity index (χ1) is 13.1. The second kappa shape index (κ2) is 9.58. The van der Waals surface area contributed by atoms with Crippen molar-refractivity contribution in [2.24, 2.45) is 0 Å². The van der Waals surface area contributed by atoms with E-state index in [0.29, 0.717) is 16.6 Å². The maximum atomic E-state index is 12.9. The summed E-state index contributed by atoms with van der Waals surface area (Å²) in [5.74, 6) is -0.423. The van der Waals surface area contributed by atoms with E-state index in [9.17, 15) is 4.79 Å². The van der Waals surface area contributed by atoms with Crippen molar-refractivity contribution in [2.75, 3.05) is 6.54 Å². The summed E-state index contributed by atoms with van der Waals surface area (Å²) in [6.07, 6.45) is 6.32. The van der Waals surface area contributed by atoms with E-state index in [0.717, 1.165) is 36.1 Å². The summed E-state index contributed by atoms with van der Waals surface area (Å²) in [6.45, 7) is 0.630. The van der Waals surface area contributed by atoms with Gasteiger partial charge in [-0.25, -0.2) is 4.98 Å². The zero-order valence-electron chi connectivity index (χ0n) is 14.8. The SMILES string of the molecule is O=C(NCCCCc1cnc[nH]1)C(c1ccc(Cl)cc1)c1ccc(Cl)cc1. The van der Waals surface area contributed by atoms with Gasteiger partial charge < -0.3 is 10.3 Å². The first-order valence-electron chi connectivity index (χ1n) is 8.89. The van der Waals surface area contributed by atoms with Crippen LogP contribution < -0.4 is 5.32 Å². The summed E-state index contributed by atoms with van der Waals surface area (Å²) in [5, 5.41) is 4.35. The minimum atomic E-state index is -0.396. The van der Waals surface area contributed by atoms with Crippen molar-refractivity contribution in [2.45, 2.75) is 25.2 Å². The fraction of sp³-hybridized carbons (Fsp3) is 0.238. The van der Waals surface area contributed by atoms with Gasteiger partial charge in [-0.05, 0) is 54.7 Å². The molecule has 0 unspecified atom stereocenters. The molecule has 0 saturated carbocycles. The zero-order chi connectivity index (χ0) is 19.1. The molecule has 0 bridgehead atoms. The standard InChI is InChI=1S/C21H21Cl2N3O/c22-17-8-4-15(5-9-17)20(16-6-10-18(23)11-7-16)21(27)25-12-2-1-3-19-13-24-14-26-19/h4-11,13-14,20H,1-3,12H2,(H,24,26)(H,25,27). The third-order valence-electron chi connectivity index (χ3n) is 4.40. The molecule has 0 spiro atoms. The highest BCUT2D eigenvalue weighted by molar-refractivity contribution is 6.30. The number of hydrogen-bond acceptors (Lipinski definition) is 2. The Hall–Kier alpha value is -2.30. The molecule has 0 aliphatic carbocycles. The van der Waals surface area contributed by atoms with Crippen molar-refractivity contribution >= 4 is 29.1 Å². The van der Waals surface area contributed by atoms with Gasteiger partial charge in [0.15, 0.2) is 0 Å². The molecule has 1 aromatic heterocycles. The van der Waals surface area contributed by atoms with Crippen LogP contribution in [0, 0.1) is 0 Å². The van der Waals surface area contributed by atoms with Crippen LogP contribution in [0.25, 0.3) is 0 Å². The molecule has 4 nitrogen and oxygen atoms in total. The third-order valence-corrected chi connectivity index (χ3v) is 4.90. The molecule has 0 saturated heterocycles. The monoisotopic (exact) mass is 401 g/mol. The summed E-state index contributed by atoms with van der Waals surface area (Å²) in [7, 11) is 0. The summed E-state index contributed by atoms with van der Waals surface area (Å²) >= 11 is 12.0. The van der Waals surface area contributed by atoms with E-state index in [4.69, 9.17) is 23.2 Å². The van der Waals surface area contributed by atoms with E-state index in [1.807, 2.05) is 30.5 Å². The second-order valence-electron chi connectivity index (χ2n) is 6.36. The number of amides is 1. The highest BCUT2D eigenvalue weighted by atomic mass is 35.5. The van der Waals surface area contributed by atoms with E-state index in [1.165, 1.54) is 0 Å². The van der Waals surface area contributed by atoms with Crippen LogP contribution >= 0.6 is 23.2 Å². The Labute approximate surface area is 168 Å². The lowest BCUT2D eigenvalue weighted by molar-refractivity contribution is -0.121. The van der Waals surface area contributed by atoms with Gasteiger partial charge in [-0.3, -0.25) is 4.79 Å². The molecular formula is C21H21Cl2N3O. The Balaban J connectivity index is 1.63. The number of H-pyrrole nitrogens is 1. The number of halogens is 2. The number of aryl methyl sites for hydroxylation is 1. The van der Waals surface area contributed by atoms with Crippen LogP contribution in [-0.4, -0.2) is 22.4 Å². The smallest absolute Gasteiger partial charge is 0.232 e. The first kappa shape index (κ1) is 19.5. The maximum absolute atomic E-state index is 12.9. The molecule has 3 aromatic rings. The molecule has 140 valence electrons. The van der Waals surface area contributed by atoms with Crippen molar-refractivity contribution < 1.29 is 4.79 Å². The maximum Gasteiger partial charge on any atom is 0.232 e. The number of aromatic nitrogens is 2. The first-order valence-corrected chi connectivity index (χ1v) is 9.65. The summed E-state index contributed by atoms with van der Waals surface area (Å²) in [6, 6.07) is 14.8. The van der Waals surface area contributed by atoms with Gasteiger partial charge in [0.25, 0.3) is 0 Å². The molecule has 6 heteroatoms. The fourth-order valence-corrected chi connectivity index (χ4v) is 3.23. The Morgan fingerprint density at radius 3 is 2.07 bits per heavy atom. The van der Waals surface area contributed by atoms with Gasteiger partial charge in [0.1, 0.15) is 0 Å². The van der Waals surface area contributed by atoms with Gasteiger partial charge in [0.2, 0.25) is 5.91 Å². The van der Waals surface area contributed by atoms with Gasteiger partial charge in [-0.15, -0.1) is 0 Å². The zero-order valence-corrected chi connectivity index (χ0v) is 16.3. The minimum absolute atomic E-state index is 0.0267. The van der Waals surface area contributed by atoms with Crippen LogP contribution in [0.3, 0.4) is 0 Å². The molecular weight excluding hydrogens is 381 g/mol. The number of carbonyl (C=O) groups is 1. The van der Waals surface area contributed by atoms with Crippen LogP contribution in [0.2, 0.25) is 10.0 Å². The van der Waals surface area contributed by atoms with Crippen molar-refractivity contribution in [3.8, 4) is 0 Å². The molecule has 1 amide bonds. The number of imidazole rings is 1. The lowest BCUT2D eigenvalue weighted by Crippen LogP contribution is -2.30. The molecule has 2 N–H and O–H groups in total. The number of nitrogens with zero attached hydrogens (tertiary/aromatic N) is 1. The van der Waals surface area contributed by atoms with Gasteiger partial charge >= 0.3 is 0 Å². The number of carbonyl (C=O) groups excluding carboxylic acids is 1. The lowest BCUT2D eigenvalue weighted by atomic mass is 9.90. The normalized spacial score (nSPS) is 10.9. The highest BCUT2D eigenvalue weighted by Crippen LogP contribution is 2.27.